The van der Waals surface area contributed by atoms with Crippen molar-refractivity contribution in [2.75, 3.05) is 13.1 Å². The lowest BCUT2D eigenvalue weighted by Crippen LogP contribution is -2.42. The molecule has 0 spiro atoms. The molecule has 2 rings (SSSR count). The van der Waals surface area contributed by atoms with Crippen LogP contribution in [0.25, 0.3) is 0 Å². The van der Waals surface area contributed by atoms with Crippen LogP contribution < -0.4 is 5.73 Å². The summed E-state index contributed by atoms with van der Waals surface area (Å²) in [5.41, 5.74) is 7.63. The predicted octanol–water partition coefficient (Wildman–Crippen LogP) is 1.91. The number of Topliss-reactive ketones (excluding diaryl/α,β-unsaturated/α-hetero) is 1. The van der Waals surface area contributed by atoms with Crippen molar-refractivity contribution >= 4 is 11.7 Å². The number of likely N-dealkylation sites (tertiary alicyclic amines) is 1. The maximum atomic E-state index is 12.0. The van der Waals surface area contributed by atoms with E-state index in [1.807, 2.05) is 36.1 Å². The van der Waals surface area contributed by atoms with Crippen molar-refractivity contribution in [3.8, 4) is 0 Å². The summed E-state index contributed by atoms with van der Waals surface area (Å²) in [5, 5.41) is 0. The van der Waals surface area contributed by atoms with E-state index in [1.165, 1.54) is 0 Å². The number of benzene rings is 1. The summed E-state index contributed by atoms with van der Waals surface area (Å²) in [7, 11) is 0. The van der Waals surface area contributed by atoms with Crippen LogP contribution in [0.3, 0.4) is 0 Å². The number of hydrogen-bond donors (Lipinski definition) is 1. The van der Waals surface area contributed by atoms with Gasteiger partial charge in [-0.05, 0) is 19.8 Å². The highest BCUT2D eigenvalue weighted by molar-refractivity contribution is 5.97. The Hall–Kier alpha value is -1.68. The van der Waals surface area contributed by atoms with Gasteiger partial charge in [-0.3, -0.25) is 9.59 Å². The highest BCUT2D eigenvalue weighted by Gasteiger charge is 2.21. The summed E-state index contributed by atoms with van der Waals surface area (Å²) in [6.07, 6.45) is 2.29. The van der Waals surface area contributed by atoms with Gasteiger partial charge in [0.1, 0.15) is 0 Å². The van der Waals surface area contributed by atoms with E-state index in [0.717, 1.165) is 31.5 Å². The smallest absolute Gasteiger partial charge is 0.223 e. The monoisotopic (exact) mass is 274 g/mol. The summed E-state index contributed by atoms with van der Waals surface area (Å²) in [6.45, 7) is 3.43. The standard InChI is InChI=1S/C16H22N2O2/c1-12-2-4-13(5-3-12)15(19)6-7-16(20)18-10-8-14(17)9-11-18/h2-5,14H,6-11,17H2,1H3. The van der Waals surface area contributed by atoms with E-state index in [-0.39, 0.29) is 24.2 Å². The Bertz CT molecular complexity index is 474. The second-order valence-electron chi connectivity index (χ2n) is 5.51. The Labute approximate surface area is 119 Å². The zero-order chi connectivity index (χ0) is 14.5. The Morgan fingerprint density at radius 2 is 1.75 bits per heavy atom. The number of carbonyl (C=O) groups excluding carboxylic acids is 2. The van der Waals surface area contributed by atoms with Crippen LogP contribution in [0.2, 0.25) is 0 Å². The third-order valence-corrected chi connectivity index (χ3v) is 3.83. The first-order valence-electron chi connectivity index (χ1n) is 7.19. The molecule has 0 aliphatic carbocycles. The normalized spacial score (nSPS) is 16.2. The SMILES string of the molecule is Cc1ccc(C(=O)CCC(=O)N2CCC(N)CC2)cc1. The van der Waals surface area contributed by atoms with E-state index >= 15 is 0 Å². The molecule has 0 radical (unpaired) electrons. The molecule has 1 aliphatic rings. The fraction of sp³-hybridized carbons (Fsp3) is 0.500. The fourth-order valence-corrected chi connectivity index (χ4v) is 2.41. The zero-order valence-corrected chi connectivity index (χ0v) is 12.0. The molecular weight excluding hydrogens is 252 g/mol. The van der Waals surface area contributed by atoms with Gasteiger partial charge in [0, 0.05) is 37.5 Å². The minimum Gasteiger partial charge on any atom is -0.343 e. The lowest BCUT2D eigenvalue weighted by molar-refractivity contribution is -0.132. The summed E-state index contributed by atoms with van der Waals surface area (Å²) in [6, 6.07) is 7.69. The van der Waals surface area contributed by atoms with Crippen molar-refractivity contribution in [1.82, 2.24) is 4.90 Å². The van der Waals surface area contributed by atoms with Gasteiger partial charge in [-0.25, -0.2) is 0 Å². The molecule has 0 saturated carbocycles. The average molecular weight is 274 g/mol. The number of carbonyl (C=O) groups is 2. The minimum absolute atomic E-state index is 0.0343. The number of ketones is 1. The highest BCUT2D eigenvalue weighted by atomic mass is 16.2. The van der Waals surface area contributed by atoms with Crippen molar-refractivity contribution in [2.45, 2.75) is 38.6 Å². The van der Waals surface area contributed by atoms with Crippen LogP contribution in [-0.2, 0) is 4.79 Å². The average Bonchev–Trinajstić information content (AvgIpc) is 2.46. The lowest BCUT2D eigenvalue weighted by Gasteiger charge is -2.30. The zero-order valence-electron chi connectivity index (χ0n) is 12.0. The third-order valence-electron chi connectivity index (χ3n) is 3.83. The summed E-state index contributed by atoms with van der Waals surface area (Å²) >= 11 is 0. The quantitative estimate of drug-likeness (QED) is 0.853. The first-order valence-corrected chi connectivity index (χ1v) is 7.19. The van der Waals surface area contributed by atoms with Gasteiger partial charge >= 0.3 is 0 Å². The molecule has 1 aliphatic heterocycles. The molecule has 4 heteroatoms. The molecule has 1 fully saturated rings. The van der Waals surface area contributed by atoms with E-state index in [0.29, 0.717) is 12.0 Å². The van der Waals surface area contributed by atoms with E-state index in [2.05, 4.69) is 0 Å². The van der Waals surface area contributed by atoms with Crippen LogP contribution in [0.4, 0.5) is 0 Å². The maximum Gasteiger partial charge on any atom is 0.223 e. The number of aryl methyl sites for hydroxylation is 1. The lowest BCUT2D eigenvalue weighted by atomic mass is 10.0. The van der Waals surface area contributed by atoms with Gasteiger partial charge in [0.15, 0.2) is 5.78 Å². The van der Waals surface area contributed by atoms with Crippen molar-refractivity contribution in [3.63, 3.8) is 0 Å². The van der Waals surface area contributed by atoms with E-state index < -0.39 is 0 Å². The van der Waals surface area contributed by atoms with Crippen LogP contribution in [-0.4, -0.2) is 35.7 Å². The van der Waals surface area contributed by atoms with Crippen LogP contribution in [0.1, 0.15) is 41.6 Å². The molecule has 1 amide bonds. The molecule has 0 aromatic heterocycles. The van der Waals surface area contributed by atoms with E-state index in [1.54, 1.807) is 0 Å². The molecule has 20 heavy (non-hydrogen) atoms. The van der Waals surface area contributed by atoms with Crippen LogP contribution in [0.15, 0.2) is 24.3 Å². The van der Waals surface area contributed by atoms with Gasteiger partial charge in [-0.2, -0.15) is 0 Å². The molecule has 0 unspecified atom stereocenters. The number of hydrogen-bond acceptors (Lipinski definition) is 3. The molecule has 108 valence electrons. The molecule has 0 bridgehead atoms. The largest absolute Gasteiger partial charge is 0.343 e. The van der Waals surface area contributed by atoms with Crippen molar-refractivity contribution in [2.24, 2.45) is 5.73 Å². The second kappa shape index (κ2) is 6.66. The number of rotatable bonds is 4. The fourth-order valence-electron chi connectivity index (χ4n) is 2.41. The minimum atomic E-state index is 0.0343. The summed E-state index contributed by atoms with van der Waals surface area (Å²) in [4.78, 5) is 25.9. The number of amides is 1. The molecule has 1 aromatic rings. The van der Waals surface area contributed by atoms with Gasteiger partial charge in [0.05, 0.1) is 0 Å². The van der Waals surface area contributed by atoms with Crippen molar-refractivity contribution < 1.29 is 9.59 Å². The molecule has 4 nitrogen and oxygen atoms in total. The first-order chi connectivity index (χ1) is 9.56. The third kappa shape index (κ3) is 3.90. The molecular formula is C16H22N2O2. The van der Waals surface area contributed by atoms with Gasteiger partial charge in [0.25, 0.3) is 0 Å². The van der Waals surface area contributed by atoms with Gasteiger partial charge in [-0.15, -0.1) is 0 Å². The van der Waals surface area contributed by atoms with Crippen LogP contribution in [0, 0.1) is 6.92 Å². The topological polar surface area (TPSA) is 63.4 Å². The second-order valence-corrected chi connectivity index (χ2v) is 5.51. The van der Waals surface area contributed by atoms with Gasteiger partial charge in [-0.1, -0.05) is 29.8 Å². The molecule has 1 heterocycles. The summed E-state index contributed by atoms with van der Waals surface area (Å²) in [5.74, 6) is 0.101. The molecule has 1 aromatic carbocycles. The molecule has 1 saturated heterocycles. The van der Waals surface area contributed by atoms with Gasteiger partial charge < -0.3 is 10.6 Å². The predicted molar refractivity (Wildman–Crippen MR) is 78.5 cm³/mol. The summed E-state index contributed by atoms with van der Waals surface area (Å²) < 4.78 is 0. The first kappa shape index (κ1) is 14.7. The number of nitrogens with zero attached hydrogens (tertiary/aromatic N) is 1. The Balaban J connectivity index is 1.81. The molecule has 0 atom stereocenters. The van der Waals surface area contributed by atoms with Crippen molar-refractivity contribution in [3.05, 3.63) is 35.4 Å². The maximum absolute atomic E-state index is 12.0. The van der Waals surface area contributed by atoms with Gasteiger partial charge in [0.2, 0.25) is 5.91 Å². The Morgan fingerprint density at radius 1 is 1.15 bits per heavy atom. The Kier molecular flexibility index (Phi) is 4.90. The van der Waals surface area contributed by atoms with Crippen LogP contribution >= 0.6 is 0 Å². The molecule has 2 N–H and O–H groups in total. The number of nitrogens with two attached hydrogens (primary N) is 1. The number of piperidine rings is 1. The van der Waals surface area contributed by atoms with Crippen LogP contribution in [0.5, 0.6) is 0 Å². The van der Waals surface area contributed by atoms with Crippen molar-refractivity contribution in [1.29, 1.82) is 0 Å². The van der Waals surface area contributed by atoms with E-state index in [9.17, 15) is 9.59 Å². The Morgan fingerprint density at radius 3 is 2.35 bits per heavy atom. The van der Waals surface area contributed by atoms with E-state index in [4.69, 9.17) is 5.73 Å². The highest BCUT2D eigenvalue weighted by Crippen LogP contribution is 2.12.